The molecule has 0 unspecified atom stereocenters. The van der Waals surface area contributed by atoms with E-state index in [9.17, 15) is 19.2 Å². The summed E-state index contributed by atoms with van der Waals surface area (Å²) < 4.78 is 0. The molecule has 1 aromatic rings. The molecule has 3 N–H and O–H groups in total. The molecular formula is C19H25N3O5. The summed E-state index contributed by atoms with van der Waals surface area (Å²) in [6, 6.07) is 5.59. The number of carbonyl (C=O) groups is 4. The van der Waals surface area contributed by atoms with Gasteiger partial charge in [-0.15, -0.1) is 0 Å². The van der Waals surface area contributed by atoms with Gasteiger partial charge < -0.3 is 20.6 Å². The second kappa shape index (κ2) is 9.16. The fraction of sp³-hybridized carbons (Fsp3) is 0.474. The third-order valence-electron chi connectivity index (χ3n) is 4.26. The Morgan fingerprint density at radius 1 is 1.19 bits per heavy atom. The number of amides is 3. The van der Waals surface area contributed by atoms with Crippen molar-refractivity contribution in [2.75, 3.05) is 18.0 Å². The molecule has 0 aromatic heterocycles. The Kier molecular flexibility index (Phi) is 6.92. The maximum Gasteiger partial charge on any atom is 0.326 e. The van der Waals surface area contributed by atoms with Crippen LogP contribution in [0.4, 0.5) is 5.69 Å². The van der Waals surface area contributed by atoms with E-state index in [0.29, 0.717) is 24.9 Å². The van der Waals surface area contributed by atoms with Gasteiger partial charge in [0.25, 0.3) is 5.91 Å². The van der Waals surface area contributed by atoms with Crippen molar-refractivity contribution in [1.29, 1.82) is 0 Å². The molecule has 0 bridgehead atoms. The van der Waals surface area contributed by atoms with Gasteiger partial charge in [0, 0.05) is 24.2 Å². The van der Waals surface area contributed by atoms with E-state index < -0.39 is 23.8 Å². The van der Waals surface area contributed by atoms with Gasteiger partial charge in [-0.1, -0.05) is 13.8 Å². The third kappa shape index (κ3) is 5.80. The number of carboxylic acids is 1. The van der Waals surface area contributed by atoms with Crippen molar-refractivity contribution in [3.8, 4) is 0 Å². The van der Waals surface area contributed by atoms with E-state index in [1.807, 2.05) is 13.8 Å². The van der Waals surface area contributed by atoms with Crippen LogP contribution in [-0.4, -0.2) is 47.9 Å². The van der Waals surface area contributed by atoms with Gasteiger partial charge in [0.05, 0.1) is 6.54 Å². The predicted octanol–water partition coefficient (Wildman–Crippen LogP) is 1.16. The van der Waals surface area contributed by atoms with Gasteiger partial charge in [-0.25, -0.2) is 4.79 Å². The molecule has 8 heteroatoms. The van der Waals surface area contributed by atoms with Crippen LogP contribution in [0.5, 0.6) is 0 Å². The van der Waals surface area contributed by atoms with E-state index in [4.69, 9.17) is 5.11 Å². The Balaban J connectivity index is 1.86. The highest BCUT2D eigenvalue weighted by atomic mass is 16.4. The van der Waals surface area contributed by atoms with Gasteiger partial charge in [-0.05, 0) is 43.0 Å². The largest absolute Gasteiger partial charge is 0.480 e. The first-order valence-electron chi connectivity index (χ1n) is 8.98. The first-order valence-corrected chi connectivity index (χ1v) is 8.98. The van der Waals surface area contributed by atoms with E-state index in [-0.39, 0.29) is 18.4 Å². The average molecular weight is 375 g/mol. The fourth-order valence-electron chi connectivity index (χ4n) is 2.91. The van der Waals surface area contributed by atoms with Gasteiger partial charge in [0.15, 0.2) is 0 Å². The Bertz CT molecular complexity index is 715. The van der Waals surface area contributed by atoms with Crippen molar-refractivity contribution in [2.45, 2.75) is 39.2 Å². The van der Waals surface area contributed by atoms with Crippen molar-refractivity contribution in [1.82, 2.24) is 10.6 Å². The summed E-state index contributed by atoms with van der Waals surface area (Å²) in [5.41, 5.74) is 1.10. The van der Waals surface area contributed by atoms with E-state index in [2.05, 4.69) is 10.6 Å². The van der Waals surface area contributed by atoms with E-state index in [1.54, 1.807) is 29.2 Å². The number of anilines is 1. The molecule has 1 heterocycles. The number of carboxylic acid groups (broad SMARTS) is 1. The average Bonchev–Trinajstić information content (AvgIpc) is 3.04. The molecule has 0 aliphatic carbocycles. The van der Waals surface area contributed by atoms with Crippen LogP contribution in [0.1, 0.15) is 43.5 Å². The minimum absolute atomic E-state index is 0.0678. The number of carbonyl (C=O) groups excluding carboxylic acids is 3. The molecule has 1 atom stereocenters. The molecule has 3 amide bonds. The van der Waals surface area contributed by atoms with E-state index in [0.717, 1.165) is 12.1 Å². The van der Waals surface area contributed by atoms with E-state index in [1.165, 1.54) is 0 Å². The maximum atomic E-state index is 12.2. The molecule has 1 aliphatic heterocycles. The monoisotopic (exact) mass is 375 g/mol. The van der Waals surface area contributed by atoms with Gasteiger partial charge in [0.2, 0.25) is 11.8 Å². The zero-order chi connectivity index (χ0) is 20.0. The highest BCUT2D eigenvalue weighted by Crippen LogP contribution is 2.21. The Hall–Kier alpha value is -2.90. The summed E-state index contributed by atoms with van der Waals surface area (Å²) in [7, 11) is 0. The lowest BCUT2D eigenvalue weighted by atomic mass is 10.0. The highest BCUT2D eigenvalue weighted by Gasteiger charge is 2.22. The van der Waals surface area contributed by atoms with Crippen molar-refractivity contribution in [2.24, 2.45) is 5.92 Å². The van der Waals surface area contributed by atoms with Crippen molar-refractivity contribution in [3.05, 3.63) is 29.8 Å². The molecule has 0 saturated carbocycles. The number of rotatable bonds is 8. The van der Waals surface area contributed by atoms with Gasteiger partial charge >= 0.3 is 5.97 Å². The summed E-state index contributed by atoms with van der Waals surface area (Å²) in [5.74, 6) is -1.92. The number of hydrogen-bond acceptors (Lipinski definition) is 4. The van der Waals surface area contributed by atoms with Gasteiger partial charge in [0.1, 0.15) is 6.04 Å². The molecular weight excluding hydrogens is 350 g/mol. The minimum atomic E-state index is -1.10. The SMILES string of the molecule is CC(C)C[C@H](NC(=O)CNC(=O)c1ccc(N2CCCC2=O)cc1)C(=O)O. The zero-order valence-corrected chi connectivity index (χ0v) is 15.5. The van der Waals surface area contributed by atoms with Crippen LogP contribution in [0.15, 0.2) is 24.3 Å². The number of aliphatic carboxylic acids is 1. The lowest BCUT2D eigenvalue weighted by Gasteiger charge is -2.17. The second-order valence-corrected chi connectivity index (χ2v) is 6.97. The van der Waals surface area contributed by atoms with Gasteiger partial charge in [-0.2, -0.15) is 0 Å². The van der Waals surface area contributed by atoms with Crippen LogP contribution >= 0.6 is 0 Å². The second-order valence-electron chi connectivity index (χ2n) is 6.97. The molecule has 1 saturated heterocycles. The quantitative estimate of drug-likeness (QED) is 0.630. The van der Waals surface area contributed by atoms with Crippen molar-refractivity contribution >= 4 is 29.4 Å². The summed E-state index contributed by atoms with van der Waals surface area (Å²) in [6.07, 6.45) is 1.67. The number of nitrogens with one attached hydrogen (secondary N) is 2. The number of hydrogen-bond donors (Lipinski definition) is 3. The topological polar surface area (TPSA) is 116 Å². The summed E-state index contributed by atoms with van der Waals surface area (Å²) in [5, 5.41) is 14.0. The Labute approximate surface area is 157 Å². The first kappa shape index (κ1) is 20.4. The maximum absolute atomic E-state index is 12.2. The van der Waals surface area contributed by atoms with Crippen LogP contribution in [0.2, 0.25) is 0 Å². The molecule has 1 aromatic carbocycles. The lowest BCUT2D eigenvalue weighted by molar-refractivity contribution is -0.142. The van der Waals surface area contributed by atoms with Crippen LogP contribution in [0.25, 0.3) is 0 Å². The fourth-order valence-corrected chi connectivity index (χ4v) is 2.91. The number of benzene rings is 1. The molecule has 1 fully saturated rings. The first-order chi connectivity index (χ1) is 12.8. The molecule has 2 rings (SSSR count). The molecule has 0 spiro atoms. The Morgan fingerprint density at radius 3 is 2.37 bits per heavy atom. The zero-order valence-electron chi connectivity index (χ0n) is 15.5. The number of nitrogens with zero attached hydrogens (tertiary/aromatic N) is 1. The third-order valence-corrected chi connectivity index (χ3v) is 4.26. The Morgan fingerprint density at radius 2 is 1.85 bits per heavy atom. The minimum Gasteiger partial charge on any atom is -0.480 e. The van der Waals surface area contributed by atoms with Crippen LogP contribution in [0, 0.1) is 5.92 Å². The van der Waals surface area contributed by atoms with Crippen molar-refractivity contribution < 1.29 is 24.3 Å². The van der Waals surface area contributed by atoms with Crippen LogP contribution in [0.3, 0.4) is 0 Å². The molecule has 27 heavy (non-hydrogen) atoms. The summed E-state index contributed by atoms with van der Waals surface area (Å²) in [6.45, 7) is 4.09. The lowest BCUT2D eigenvalue weighted by Crippen LogP contribution is -2.46. The molecule has 1 aliphatic rings. The normalized spacial score (nSPS) is 14.9. The predicted molar refractivity (Wildman–Crippen MR) is 99.4 cm³/mol. The summed E-state index contributed by atoms with van der Waals surface area (Å²) in [4.78, 5) is 48.6. The summed E-state index contributed by atoms with van der Waals surface area (Å²) >= 11 is 0. The standard InChI is InChI=1S/C19H25N3O5/c1-12(2)10-15(19(26)27)21-16(23)11-20-18(25)13-5-7-14(8-6-13)22-9-3-4-17(22)24/h5-8,12,15H,3-4,9-11H2,1-2H3,(H,20,25)(H,21,23)(H,26,27)/t15-/m0/s1. The molecule has 146 valence electrons. The van der Waals surface area contributed by atoms with Crippen molar-refractivity contribution in [3.63, 3.8) is 0 Å². The van der Waals surface area contributed by atoms with Gasteiger partial charge in [-0.3, -0.25) is 14.4 Å². The smallest absolute Gasteiger partial charge is 0.326 e. The molecule has 8 nitrogen and oxygen atoms in total. The van der Waals surface area contributed by atoms with Crippen LogP contribution in [-0.2, 0) is 14.4 Å². The van der Waals surface area contributed by atoms with E-state index >= 15 is 0 Å². The van der Waals surface area contributed by atoms with Crippen LogP contribution < -0.4 is 15.5 Å². The molecule has 0 radical (unpaired) electrons. The highest BCUT2D eigenvalue weighted by molar-refractivity contribution is 5.98.